The van der Waals surface area contributed by atoms with Gasteiger partial charge in [0.25, 0.3) is 10.0 Å². The van der Waals surface area contributed by atoms with E-state index in [4.69, 9.17) is 4.74 Å². The second-order valence-corrected chi connectivity index (χ2v) is 11.6. The van der Waals surface area contributed by atoms with Gasteiger partial charge >= 0.3 is 6.09 Å². The van der Waals surface area contributed by atoms with Crippen molar-refractivity contribution in [3.8, 4) is 0 Å². The van der Waals surface area contributed by atoms with Gasteiger partial charge in [-0.2, -0.15) is 0 Å². The first kappa shape index (κ1) is 26.5. The van der Waals surface area contributed by atoms with Crippen molar-refractivity contribution < 1.29 is 23.1 Å². The lowest BCUT2D eigenvalue weighted by molar-refractivity contribution is 0.0455. The fourth-order valence-electron chi connectivity index (χ4n) is 4.37. The number of aliphatic hydroxyl groups is 1. The molecule has 0 unspecified atom stereocenters. The zero-order valence-corrected chi connectivity index (χ0v) is 21.9. The van der Waals surface area contributed by atoms with Crippen molar-refractivity contribution in [2.75, 3.05) is 0 Å². The number of aromatic nitrogens is 1. The normalized spacial score (nSPS) is 13.9. The molecule has 8 heteroatoms. The van der Waals surface area contributed by atoms with Crippen molar-refractivity contribution >= 4 is 27.0 Å². The number of carbonyl (C=O) groups excluding carboxylic acids is 1. The van der Waals surface area contributed by atoms with Crippen LogP contribution in [0, 0.1) is 20.8 Å². The van der Waals surface area contributed by atoms with E-state index >= 15 is 0 Å². The van der Waals surface area contributed by atoms with E-state index in [2.05, 4.69) is 11.9 Å². The number of ether oxygens (including phenoxy) is 1. The van der Waals surface area contributed by atoms with E-state index in [1.54, 1.807) is 52.9 Å². The van der Waals surface area contributed by atoms with E-state index in [0.29, 0.717) is 27.6 Å². The van der Waals surface area contributed by atoms with E-state index < -0.39 is 33.9 Å². The summed E-state index contributed by atoms with van der Waals surface area (Å²) in [5, 5.41) is 13.9. The Morgan fingerprint density at radius 1 is 1.17 bits per heavy atom. The zero-order chi connectivity index (χ0) is 26.1. The lowest BCUT2D eigenvalue weighted by Crippen LogP contribution is -2.46. The molecule has 0 aliphatic heterocycles. The number of alkyl carbamates (subject to hydrolysis) is 1. The van der Waals surface area contributed by atoms with Crippen molar-refractivity contribution in [1.82, 2.24) is 9.29 Å². The zero-order valence-electron chi connectivity index (χ0n) is 21.1. The summed E-state index contributed by atoms with van der Waals surface area (Å²) in [6, 6.07) is 10.1. The lowest BCUT2D eigenvalue weighted by Gasteiger charge is -2.25. The number of rotatable bonds is 7. The average molecular weight is 499 g/mol. The van der Waals surface area contributed by atoms with Crippen molar-refractivity contribution in [2.45, 2.75) is 70.6 Å². The molecule has 0 radical (unpaired) electrons. The summed E-state index contributed by atoms with van der Waals surface area (Å²) in [4.78, 5) is 12.7. The topological polar surface area (TPSA) is 97.6 Å². The van der Waals surface area contributed by atoms with Gasteiger partial charge in [0, 0.05) is 11.6 Å². The summed E-state index contributed by atoms with van der Waals surface area (Å²) in [6.07, 6.45) is 1.32. The van der Waals surface area contributed by atoms with E-state index in [-0.39, 0.29) is 11.3 Å². The molecule has 1 heterocycles. The molecule has 0 bridgehead atoms. The van der Waals surface area contributed by atoms with Crippen LogP contribution in [0.5, 0.6) is 0 Å². The number of para-hydroxylation sites is 1. The predicted octanol–water partition coefficient (Wildman–Crippen LogP) is 4.79. The van der Waals surface area contributed by atoms with Crippen LogP contribution < -0.4 is 5.32 Å². The Hall–Kier alpha value is -3.10. The van der Waals surface area contributed by atoms with E-state index in [0.717, 1.165) is 5.56 Å². The molecule has 1 amide bonds. The van der Waals surface area contributed by atoms with Crippen LogP contribution in [0.2, 0.25) is 0 Å². The van der Waals surface area contributed by atoms with Gasteiger partial charge in [-0.25, -0.2) is 17.2 Å². The van der Waals surface area contributed by atoms with Crippen LogP contribution in [0.25, 0.3) is 10.9 Å². The Morgan fingerprint density at radius 3 is 2.34 bits per heavy atom. The largest absolute Gasteiger partial charge is 0.444 e. The molecule has 2 aromatic carbocycles. The van der Waals surface area contributed by atoms with Gasteiger partial charge < -0.3 is 15.2 Å². The molecular formula is C27H34N2O5S. The number of nitrogens with one attached hydrogen (secondary N) is 1. The van der Waals surface area contributed by atoms with Gasteiger partial charge in [-0.05, 0) is 70.7 Å². The number of hydrogen-bond acceptors (Lipinski definition) is 5. The third-order valence-electron chi connectivity index (χ3n) is 5.68. The summed E-state index contributed by atoms with van der Waals surface area (Å²) in [5.41, 5.74) is 2.81. The molecule has 2 atom stereocenters. The molecule has 3 rings (SSSR count). The summed E-state index contributed by atoms with van der Waals surface area (Å²) in [6.45, 7) is 14.4. The number of fused-ring (bicyclic) bond motifs is 1. The maximum atomic E-state index is 13.8. The molecule has 7 nitrogen and oxygen atoms in total. The Bertz CT molecular complexity index is 1340. The molecule has 0 fully saturated rings. The SMILES string of the molecule is C=C[C@H](O)[C@H](Cc1cn(S(=O)(=O)c2c(C)cc(C)cc2C)c2ccccc12)NC(=O)OC(C)(C)C. The first-order valence-corrected chi connectivity index (χ1v) is 12.9. The lowest BCUT2D eigenvalue weighted by atomic mass is 10.0. The summed E-state index contributed by atoms with van der Waals surface area (Å²) in [5.74, 6) is 0. The minimum absolute atomic E-state index is 0.168. The Kier molecular flexibility index (Phi) is 7.48. The Morgan fingerprint density at radius 2 is 1.77 bits per heavy atom. The third-order valence-corrected chi connectivity index (χ3v) is 7.66. The van der Waals surface area contributed by atoms with Gasteiger partial charge in [0.1, 0.15) is 5.60 Å². The number of aliphatic hydroxyl groups excluding tert-OH is 1. The second kappa shape index (κ2) is 9.87. The van der Waals surface area contributed by atoms with Gasteiger partial charge in [-0.15, -0.1) is 6.58 Å². The third kappa shape index (κ3) is 5.77. The Labute approximate surface area is 207 Å². The quantitative estimate of drug-likeness (QED) is 0.457. The number of carbonyl (C=O) groups is 1. The highest BCUT2D eigenvalue weighted by molar-refractivity contribution is 7.90. The highest BCUT2D eigenvalue weighted by Gasteiger charge is 2.28. The van der Waals surface area contributed by atoms with Gasteiger partial charge in [0.2, 0.25) is 0 Å². The molecule has 0 aliphatic carbocycles. The molecule has 1 aromatic heterocycles. The Balaban J connectivity index is 2.09. The molecule has 3 aromatic rings. The monoisotopic (exact) mass is 498 g/mol. The van der Waals surface area contributed by atoms with Crippen molar-refractivity contribution in [1.29, 1.82) is 0 Å². The molecule has 0 saturated carbocycles. The van der Waals surface area contributed by atoms with Crippen LogP contribution in [-0.2, 0) is 21.2 Å². The van der Waals surface area contributed by atoms with Crippen LogP contribution in [-0.4, -0.2) is 41.3 Å². The smallest absolute Gasteiger partial charge is 0.407 e. The molecule has 35 heavy (non-hydrogen) atoms. The number of nitrogens with zero attached hydrogens (tertiary/aromatic N) is 1. The minimum atomic E-state index is -3.91. The molecule has 188 valence electrons. The van der Waals surface area contributed by atoms with Crippen LogP contribution in [0.4, 0.5) is 4.79 Å². The van der Waals surface area contributed by atoms with Gasteiger partial charge in [-0.1, -0.05) is 42.0 Å². The molecular weight excluding hydrogens is 464 g/mol. The number of hydrogen-bond donors (Lipinski definition) is 2. The molecule has 0 saturated heterocycles. The summed E-state index contributed by atoms with van der Waals surface area (Å²) < 4.78 is 34.3. The predicted molar refractivity (Wildman–Crippen MR) is 138 cm³/mol. The van der Waals surface area contributed by atoms with Crippen LogP contribution in [0.3, 0.4) is 0 Å². The maximum Gasteiger partial charge on any atom is 0.407 e. The fraction of sp³-hybridized carbons (Fsp3) is 0.370. The molecule has 0 aliphatic rings. The van der Waals surface area contributed by atoms with Crippen LogP contribution in [0.1, 0.15) is 43.0 Å². The van der Waals surface area contributed by atoms with E-state index in [1.165, 1.54) is 10.0 Å². The highest BCUT2D eigenvalue weighted by Crippen LogP contribution is 2.30. The van der Waals surface area contributed by atoms with E-state index in [9.17, 15) is 18.3 Å². The summed E-state index contributed by atoms with van der Waals surface area (Å²) in [7, 11) is -3.91. The van der Waals surface area contributed by atoms with Crippen molar-refractivity contribution in [3.63, 3.8) is 0 Å². The van der Waals surface area contributed by atoms with Gasteiger partial charge in [-0.3, -0.25) is 0 Å². The number of amides is 1. The standard InChI is InChI=1S/C27H34N2O5S/c1-8-24(30)22(28-26(31)34-27(5,6)7)15-20-16-29(23-12-10-9-11-21(20)23)35(32,33)25-18(3)13-17(2)14-19(25)4/h8-14,16,22,24,30H,1,15H2,2-7H3,(H,28,31)/t22-,24-/m0/s1. The summed E-state index contributed by atoms with van der Waals surface area (Å²) >= 11 is 0. The highest BCUT2D eigenvalue weighted by atomic mass is 32.2. The fourth-order valence-corrected chi connectivity index (χ4v) is 6.18. The maximum absolute atomic E-state index is 13.8. The first-order valence-electron chi connectivity index (χ1n) is 11.5. The second-order valence-electron chi connectivity index (χ2n) is 9.88. The minimum Gasteiger partial charge on any atom is -0.444 e. The van der Waals surface area contributed by atoms with Crippen molar-refractivity contribution in [3.05, 3.63) is 77.5 Å². The number of aryl methyl sites for hydroxylation is 3. The van der Waals surface area contributed by atoms with Crippen molar-refractivity contribution in [2.24, 2.45) is 0 Å². The van der Waals surface area contributed by atoms with Gasteiger partial charge in [0.05, 0.1) is 22.6 Å². The molecule has 0 spiro atoms. The van der Waals surface area contributed by atoms with Crippen LogP contribution in [0.15, 0.2) is 60.1 Å². The average Bonchev–Trinajstić information content (AvgIpc) is 3.10. The molecule has 2 N–H and O–H groups in total. The number of benzene rings is 2. The first-order chi connectivity index (χ1) is 16.2. The van der Waals surface area contributed by atoms with Crippen LogP contribution >= 0.6 is 0 Å². The van der Waals surface area contributed by atoms with Gasteiger partial charge in [0.15, 0.2) is 0 Å². The van der Waals surface area contributed by atoms with E-state index in [1.807, 2.05) is 31.2 Å².